The van der Waals surface area contributed by atoms with Gasteiger partial charge in [0.1, 0.15) is 12.1 Å². The van der Waals surface area contributed by atoms with Gasteiger partial charge in [0, 0.05) is 26.4 Å². The van der Waals surface area contributed by atoms with Crippen molar-refractivity contribution < 1.29 is 0 Å². The fraction of sp³-hybridized carbons (Fsp3) is 0.103. The van der Waals surface area contributed by atoms with Crippen LogP contribution in [0.4, 0.5) is 17.1 Å². The van der Waals surface area contributed by atoms with Crippen molar-refractivity contribution in [3.05, 3.63) is 101 Å². The smallest absolute Gasteiger partial charge is 0.177 e. The van der Waals surface area contributed by atoms with Crippen molar-refractivity contribution >= 4 is 38.5 Å². The molecule has 0 bridgehead atoms. The molecule has 0 aliphatic carbocycles. The van der Waals surface area contributed by atoms with Crippen LogP contribution in [0.15, 0.2) is 78.3 Å². The molecule has 5 aromatic rings. The Labute approximate surface area is 207 Å². The summed E-state index contributed by atoms with van der Waals surface area (Å²) in [5.74, 6) is 0. The highest BCUT2D eigenvalue weighted by atomic mass is 32.1. The standard InChI is InChI=1S/C29H19N5S/c1-29(2)19-9-3-5-11-24(19)34(25-12-6-4-10-20(25)29)26-17-35-27-13-7-8-18(28(26)27)23-16-32-21(14-30)22(15-31)33-23/h3-13,16-17H,1-2H3. The number of hydrogen-bond donors (Lipinski definition) is 0. The molecule has 5 nitrogen and oxygen atoms in total. The summed E-state index contributed by atoms with van der Waals surface area (Å²) >= 11 is 1.68. The highest BCUT2D eigenvalue weighted by Crippen LogP contribution is 2.54. The Bertz CT molecular complexity index is 1670. The molecule has 1 aliphatic heterocycles. The molecule has 0 radical (unpaired) electrons. The molecule has 3 heterocycles. The summed E-state index contributed by atoms with van der Waals surface area (Å²) in [6.07, 6.45) is 1.58. The molecule has 0 saturated carbocycles. The van der Waals surface area contributed by atoms with Gasteiger partial charge in [-0.15, -0.1) is 11.3 Å². The number of rotatable bonds is 2. The van der Waals surface area contributed by atoms with E-state index in [1.165, 1.54) is 11.1 Å². The van der Waals surface area contributed by atoms with Crippen molar-refractivity contribution in [2.24, 2.45) is 0 Å². The lowest BCUT2D eigenvalue weighted by Gasteiger charge is -2.41. The molecular weight excluding hydrogens is 450 g/mol. The maximum absolute atomic E-state index is 9.51. The van der Waals surface area contributed by atoms with Gasteiger partial charge in [-0.2, -0.15) is 10.5 Å². The first kappa shape index (κ1) is 21.0. The van der Waals surface area contributed by atoms with E-state index >= 15 is 0 Å². The van der Waals surface area contributed by atoms with Crippen molar-refractivity contribution in [3.8, 4) is 23.4 Å². The molecule has 2 aromatic heterocycles. The number of nitriles is 2. The molecule has 0 saturated heterocycles. The number of benzene rings is 3. The van der Waals surface area contributed by atoms with E-state index in [1.807, 2.05) is 24.3 Å². The lowest BCUT2D eigenvalue weighted by Crippen LogP contribution is -2.30. The molecule has 166 valence electrons. The quantitative estimate of drug-likeness (QED) is 0.273. The van der Waals surface area contributed by atoms with E-state index in [1.54, 1.807) is 17.5 Å². The maximum Gasteiger partial charge on any atom is 0.177 e. The second-order valence-corrected chi connectivity index (χ2v) is 9.88. The Morgan fingerprint density at radius 2 is 1.46 bits per heavy atom. The largest absolute Gasteiger partial charge is 0.308 e. The van der Waals surface area contributed by atoms with Gasteiger partial charge in [0.25, 0.3) is 0 Å². The number of thiophene rings is 1. The highest BCUT2D eigenvalue weighted by molar-refractivity contribution is 7.18. The minimum absolute atomic E-state index is 0.0363. The van der Waals surface area contributed by atoms with Gasteiger partial charge in [-0.1, -0.05) is 62.4 Å². The summed E-state index contributed by atoms with van der Waals surface area (Å²) in [5.41, 5.74) is 7.27. The van der Waals surface area contributed by atoms with Crippen LogP contribution in [0.5, 0.6) is 0 Å². The van der Waals surface area contributed by atoms with Crippen LogP contribution in [-0.2, 0) is 5.41 Å². The minimum Gasteiger partial charge on any atom is -0.308 e. The van der Waals surface area contributed by atoms with Gasteiger partial charge < -0.3 is 4.90 Å². The Morgan fingerprint density at radius 1 is 0.800 bits per heavy atom. The Hall–Kier alpha value is -4.52. The van der Waals surface area contributed by atoms with Gasteiger partial charge in [-0.25, -0.2) is 9.97 Å². The monoisotopic (exact) mass is 469 g/mol. The lowest BCUT2D eigenvalue weighted by molar-refractivity contribution is 0.632. The fourth-order valence-corrected chi connectivity index (χ4v) is 6.01. The van der Waals surface area contributed by atoms with E-state index in [0.717, 1.165) is 32.7 Å². The van der Waals surface area contributed by atoms with Crippen LogP contribution >= 0.6 is 11.3 Å². The first-order chi connectivity index (χ1) is 17.0. The van der Waals surface area contributed by atoms with Gasteiger partial charge in [-0.05, 0) is 29.3 Å². The second kappa shape index (κ2) is 7.77. The van der Waals surface area contributed by atoms with Crippen molar-refractivity contribution in [2.45, 2.75) is 19.3 Å². The lowest BCUT2D eigenvalue weighted by atomic mass is 9.73. The van der Waals surface area contributed by atoms with E-state index < -0.39 is 0 Å². The van der Waals surface area contributed by atoms with Gasteiger partial charge in [0.15, 0.2) is 11.4 Å². The second-order valence-electron chi connectivity index (χ2n) is 8.97. The van der Waals surface area contributed by atoms with Crippen LogP contribution < -0.4 is 4.90 Å². The SMILES string of the molecule is CC1(C)c2ccccc2N(c2csc3cccc(-c4cnc(C#N)c(C#N)n4)c23)c2ccccc21. The topological polar surface area (TPSA) is 76.6 Å². The van der Waals surface area contributed by atoms with E-state index in [4.69, 9.17) is 0 Å². The number of fused-ring (bicyclic) bond motifs is 3. The van der Waals surface area contributed by atoms with Crippen molar-refractivity contribution in [2.75, 3.05) is 4.90 Å². The number of aromatic nitrogens is 2. The first-order valence-corrected chi connectivity index (χ1v) is 12.1. The average Bonchev–Trinajstić information content (AvgIpc) is 3.32. The van der Waals surface area contributed by atoms with Crippen LogP contribution in [-0.4, -0.2) is 9.97 Å². The number of anilines is 3. The molecule has 3 aromatic carbocycles. The van der Waals surface area contributed by atoms with Crippen LogP contribution in [0, 0.1) is 22.7 Å². The molecule has 35 heavy (non-hydrogen) atoms. The summed E-state index contributed by atoms with van der Waals surface area (Å²) in [4.78, 5) is 11.0. The van der Waals surface area contributed by atoms with Gasteiger partial charge in [0.05, 0.1) is 29.0 Å². The number of nitrogens with zero attached hydrogens (tertiary/aromatic N) is 5. The maximum atomic E-state index is 9.51. The first-order valence-electron chi connectivity index (χ1n) is 11.2. The highest BCUT2D eigenvalue weighted by Gasteiger charge is 2.37. The zero-order valence-electron chi connectivity index (χ0n) is 19.1. The average molecular weight is 470 g/mol. The molecule has 6 heteroatoms. The van der Waals surface area contributed by atoms with Gasteiger partial charge in [-0.3, -0.25) is 0 Å². The number of para-hydroxylation sites is 2. The summed E-state index contributed by atoms with van der Waals surface area (Å²) in [6.45, 7) is 4.55. The molecule has 0 spiro atoms. The zero-order valence-corrected chi connectivity index (χ0v) is 20.0. The zero-order chi connectivity index (χ0) is 24.2. The normalized spacial score (nSPS) is 13.5. The van der Waals surface area contributed by atoms with Crippen LogP contribution in [0.3, 0.4) is 0 Å². The van der Waals surface area contributed by atoms with E-state index in [9.17, 15) is 10.5 Å². The van der Waals surface area contributed by atoms with Gasteiger partial charge >= 0.3 is 0 Å². The van der Waals surface area contributed by atoms with Gasteiger partial charge in [0.2, 0.25) is 0 Å². The molecule has 0 atom stereocenters. The van der Waals surface area contributed by atoms with E-state index in [-0.39, 0.29) is 16.8 Å². The molecule has 0 N–H and O–H groups in total. The minimum atomic E-state index is -0.140. The van der Waals surface area contributed by atoms with Crippen molar-refractivity contribution in [1.82, 2.24) is 9.97 Å². The summed E-state index contributed by atoms with van der Waals surface area (Å²) in [5, 5.41) is 22.0. The third-order valence-corrected chi connectivity index (χ3v) is 7.65. The van der Waals surface area contributed by atoms with Crippen LogP contribution in [0.1, 0.15) is 36.4 Å². The molecule has 0 amide bonds. The Kier molecular flexibility index (Phi) is 4.67. The number of hydrogen-bond acceptors (Lipinski definition) is 6. The van der Waals surface area contributed by atoms with Crippen LogP contribution in [0.25, 0.3) is 21.3 Å². The molecular formula is C29H19N5S. The third-order valence-electron chi connectivity index (χ3n) is 6.72. The summed E-state index contributed by atoms with van der Waals surface area (Å²) in [6, 6.07) is 27.2. The Balaban J connectivity index is 1.65. The summed E-state index contributed by atoms with van der Waals surface area (Å²) in [7, 11) is 0. The molecule has 0 fully saturated rings. The predicted molar refractivity (Wildman–Crippen MR) is 139 cm³/mol. The van der Waals surface area contributed by atoms with Crippen molar-refractivity contribution in [1.29, 1.82) is 10.5 Å². The third kappa shape index (κ3) is 3.05. The van der Waals surface area contributed by atoms with Crippen molar-refractivity contribution in [3.63, 3.8) is 0 Å². The Morgan fingerprint density at radius 3 is 2.11 bits per heavy atom. The van der Waals surface area contributed by atoms with E-state index in [0.29, 0.717) is 5.69 Å². The fourth-order valence-electron chi connectivity index (χ4n) is 5.06. The predicted octanol–water partition coefficient (Wildman–Crippen LogP) is 7.21. The molecule has 6 rings (SSSR count). The summed E-state index contributed by atoms with van der Waals surface area (Å²) < 4.78 is 1.11. The molecule has 0 unspecified atom stereocenters. The van der Waals surface area contributed by atoms with E-state index in [2.05, 4.69) is 88.7 Å². The molecule has 1 aliphatic rings. The van der Waals surface area contributed by atoms with Crippen LogP contribution in [0.2, 0.25) is 0 Å².